The lowest BCUT2D eigenvalue weighted by atomic mass is 10.1. The molecule has 1 heterocycles. The zero-order valence-electron chi connectivity index (χ0n) is 14.9. The fourth-order valence-corrected chi connectivity index (χ4v) is 3.61. The molecule has 1 aromatic heterocycles. The first-order chi connectivity index (χ1) is 12.9. The molecule has 0 saturated heterocycles. The van der Waals surface area contributed by atoms with Crippen molar-refractivity contribution in [2.45, 2.75) is 11.8 Å². The summed E-state index contributed by atoms with van der Waals surface area (Å²) in [4.78, 5) is 11.7. The maximum atomic E-state index is 12.7. The van der Waals surface area contributed by atoms with Crippen molar-refractivity contribution in [1.82, 2.24) is 9.78 Å². The van der Waals surface area contributed by atoms with Crippen molar-refractivity contribution in [3.63, 3.8) is 0 Å². The van der Waals surface area contributed by atoms with Crippen molar-refractivity contribution in [2.24, 2.45) is 7.05 Å². The lowest BCUT2D eigenvalue weighted by molar-refractivity contribution is 0.340. The van der Waals surface area contributed by atoms with Gasteiger partial charge >= 0.3 is 0 Å². The quantitative estimate of drug-likeness (QED) is 0.704. The molecule has 0 unspecified atom stereocenters. The van der Waals surface area contributed by atoms with E-state index in [0.29, 0.717) is 29.3 Å². The van der Waals surface area contributed by atoms with E-state index in [-0.39, 0.29) is 10.5 Å². The van der Waals surface area contributed by atoms with Crippen LogP contribution in [0.5, 0.6) is 5.75 Å². The molecule has 0 aliphatic carbocycles. The van der Waals surface area contributed by atoms with Crippen LogP contribution >= 0.6 is 0 Å². The fourth-order valence-electron chi connectivity index (χ4n) is 2.53. The molecule has 0 atom stereocenters. The van der Waals surface area contributed by atoms with Gasteiger partial charge in [0.25, 0.3) is 15.6 Å². The zero-order valence-corrected chi connectivity index (χ0v) is 15.7. The number of hydrogen-bond donors (Lipinski definition) is 1. The van der Waals surface area contributed by atoms with Crippen molar-refractivity contribution in [2.75, 3.05) is 11.3 Å². The number of anilines is 1. The van der Waals surface area contributed by atoms with Crippen LogP contribution in [0, 0.1) is 0 Å². The van der Waals surface area contributed by atoms with E-state index in [0.717, 1.165) is 0 Å². The van der Waals surface area contributed by atoms with Gasteiger partial charge in [0.1, 0.15) is 5.75 Å². The largest absolute Gasteiger partial charge is 0.494 e. The van der Waals surface area contributed by atoms with E-state index in [1.807, 2.05) is 6.92 Å². The topological polar surface area (TPSA) is 90.3 Å². The molecule has 7 nitrogen and oxygen atoms in total. The molecule has 27 heavy (non-hydrogen) atoms. The van der Waals surface area contributed by atoms with Gasteiger partial charge in [0, 0.05) is 18.7 Å². The highest BCUT2D eigenvalue weighted by Gasteiger charge is 2.17. The summed E-state index contributed by atoms with van der Waals surface area (Å²) in [5.74, 6) is 0.603. The summed E-state index contributed by atoms with van der Waals surface area (Å²) in [7, 11) is -2.26. The first-order valence-electron chi connectivity index (χ1n) is 8.30. The minimum atomic E-state index is -3.80. The third kappa shape index (κ3) is 4.17. The molecule has 140 valence electrons. The van der Waals surface area contributed by atoms with Crippen molar-refractivity contribution in [3.8, 4) is 17.0 Å². The molecule has 8 heteroatoms. The first-order valence-corrected chi connectivity index (χ1v) is 9.78. The highest BCUT2D eigenvalue weighted by atomic mass is 32.2. The SMILES string of the molecule is CCOc1ccc(S(=O)(=O)Nc2ccccc2-c2ccc(=O)n(C)n2)cc1. The second-order valence-corrected chi connectivity index (χ2v) is 7.42. The highest BCUT2D eigenvalue weighted by Crippen LogP contribution is 2.28. The second kappa shape index (κ2) is 7.63. The molecule has 0 fully saturated rings. The molecule has 0 aliphatic rings. The van der Waals surface area contributed by atoms with Crippen LogP contribution in [-0.4, -0.2) is 24.8 Å². The number of nitrogens with one attached hydrogen (secondary N) is 1. The number of hydrogen-bond acceptors (Lipinski definition) is 5. The Balaban J connectivity index is 1.95. The van der Waals surface area contributed by atoms with Crippen molar-refractivity contribution < 1.29 is 13.2 Å². The Kier molecular flexibility index (Phi) is 5.27. The molecule has 0 aliphatic heterocycles. The summed E-state index contributed by atoms with van der Waals surface area (Å²) >= 11 is 0. The molecule has 0 saturated carbocycles. The number of rotatable bonds is 6. The summed E-state index contributed by atoms with van der Waals surface area (Å²) in [6.07, 6.45) is 0. The minimum absolute atomic E-state index is 0.120. The zero-order chi connectivity index (χ0) is 19.4. The van der Waals surface area contributed by atoms with Gasteiger partial charge in [-0.25, -0.2) is 13.1 Å². The van der Waals surface area contributed by atoms with Crippen LogP contribution < -0.4 is 15.0 Å². The molecular formula is C19H19N3O4S. The van der Waals surface area contributed by atoms with E-state index in [2.05, 4.69) is 9.82 Å². The number of nitrogens with zero attached hydrogens (tertiary/aromatic N) is 2. The molecule has 0 amide bonds. The normalized spacial score (nSPS) is 11.2. The summed E-state index contributed by atoms with van der Waals surface area (Å²) in [5.41, 5.74) is 1.19. The maximum Gasteiger partial charge on any atom is 0.266 e. The van der Waals surface area contributed by atoms with Crippen LogP contribution in [0.25, 0.3) is 11.3 Å². The lowest BCUT2D eigenvalue weighted by Gasteiger charge is -2.13. The highest BCUT2D eigenvalue weighted by molar-refractivity contribution is 7.92. The second-order valence-electron chi connectivity index (χ2n) is 5.74. The molecule has 1 N–H and O–H groups in total. The summed E-state index contributed by atoms with van der Waals surface area (Å²) in [6.45, 7) is 2.36. The fraction of sp³-hybridized carbons (Fsp3) is 0.158. The average Bonchev–Trinajstić information content (AvgIpc) is 2.65. The van der Waals surface area contributed by atoms with Gasteiger partial charge in [0.05, 0.1) is 22.9 Å². The van der Waals surface area contributed by atoms with Crippen LogP contribution in [0.2, 0.25) is 0 Å². The molecule has 3 rings (SSSR count). The molecular weight excluding hydrogens is 366 g/mol. The number of para-hydroxylation sites is 1. The number of aromatic nitrogens is 2. The van der Waals surface area contributed by atoms with E-state index in [1.165, 1.54) is 22.9 Å². The van der Waals surface area contributed by atoms with Crippen LogP contribution in [0.15, 0.2) is 70.4 Å². The first kappa shape index (κ1) is 18.7. The Bertz CT molecular complexity index is 1110. The van der Waals surface area contributed by atoms with Gasteiger partial charge in [-0.2, -0.15) is 5.10 Å². The number of benzene rings is 2. The third-order valence-corrected chi connectivity index (χ3v) is 5.23. The van der Waals surface area contributed by atoms with E-state index < -0.39 is 10.0 Å². The molecule has 3 aromatic rings. The Labute approximate surface area is 157 Å². The van der Waals surface area contributed by atoms with E-state index in [9.17, 15) is 13.2 Å². The average molecular weight is 385 g/mol. The van der Waals surface area contributed by atoms with Crippen LogP contribution in [-0.2, 0) is 17.1 Å². The maximum absolute atomic E-state index is 12.7. The number of sulfonamides is 1. The smallest absolute Gasteiger partial charge is 0.266 e. The summed E-state index contributed by atoms with van der Waals surface area (Å²) in [5, 5.41) is 4.19. The van der Waals surface area contributed by atoms with Gasteiger partial charge in [0.15, 0.2) is 0 Å². The Hall–Kier alpha value is -3.13. The van der Waals surface area contributed by atoms with Crippen molar-refractivity contribution in [1.29, 1.82) is 0 Å². The van der Waals surface area contributed by atoms with Crippen molar-refractivity contribution >= 4 is 15.7 Å². The van der Waals surface area contributed by atoms with Crippen molar-refractivity contribution in [3.05, 3.63) is 71.0 Å². The van der Waals surface area contributed by atoms with Gasteiger partial charge in [-0.3, -0.25) is 9.52 Å². The minimum Gasteiger partial charge on any atom is -0.494 e. The van der Waals surface area contributed by atoms with Gasteiger partial charge in [0.2, 0.25) is 0 Å². The van der Waals surface area contributed by atoms with Gasteiger partial charge in [-0.15, -0.1) is 0 Å². The predicted molar refractivity (Wildman–Crippen MR) is 103 cm³/mol. The van der Waals surface area contributed by atoms with Crippen LogP contribution in [0.4, 0.5) is 5.69 Å². The Morgan fingerprint density at radius 3 is 2.41 bits per heavy atom. The van der Waals surface area contributed by atoms with Crippen LogP contribution in [0.1, 0.15) is 6.92 Å². The number of aryl methyl sites for hydroxylation is 1. The van der Waals surface area contributed by atoms with E-state index in [1.54, 1.807) is 49.5 Å². The molecule has 0 bridgehead atoms. The number of ether oxygens (including phenoxy) is 1. The molecule has 2 aromatic carbocycles. The standard InChI is InChI=1S/C19H19N3O4S/c1-3-26-14-8-10-15(11-9-14)27(24,25)21-18-7-5-4-6-16(18)17-12-13-19(23)22(2)20-17/h4-13,21H,3H2,1-2H3. The molecule has 0 spiro atoms. The lowest BCUT2D eigenvalue weighted by Crippen LogP contribution is -2.18. The summed E-state index contributed by atoms with van der Waals surface area (Å²) in [6, 6.07) is 16.0. The molecule has 0 radical (unpaired) electrons. The Morgan fingerprint density at radius 2 is 1.74 bits per heavy atom. The summed E-state index contributed by atoms with van der Waals surface area (Å²) < 4.78 is 34.6. The van der Waals surface area contributed by atoms with E-state index in [4.69, 9.17) is 4.74 Å². The van der Waals surface area contributed by atoms with Gasteiger partial charge in [-0.1, -0.05) is 18.2 Å². The van der Waals surface area contributed by atoms with E-state index >= 15 is 0 Å². The predicted octanol–water partition coefficient (Wildman–Crippen LogP) is 2.65. The van der Waals surface area contributed by atoms with Crippen LogP contribution in [0.3, 0.4) is 0 Å². The Morgan fingerprint density at radius 1 is 1.04 bits per heavy atom. The van der Waals surface area contributed by atoms with Gasteiger partial charge < -0.3 is 4.74 Å². The third-order valence-electron chi connectivity index (χ3n) is 3.85. The van der Waals surface area contributed by atoms with Gasteiger partial charge in [-0.05, 0) is 43.3 Å². The monoisotopic (exact) mass is 385 g/mol.